The number of aromatic nitrogens is 2. The highest BCUT2D eigenvalue weighted by Crippen LogP contribution is 2.46. The van der Waals surface area contributed by atoms with Crippen LogP contribution in [0.1, 0.15) is 23.6 Å². The van der Waals surface area contributed by atoms with Gasteiger partial charge in [0.25, 0.3) is 0 Å². The summed E-state index contributed by atoms with van der Waals surface area (Å²) >= 11 is 0. The summed E-state index contributed by atoms with van der Waals surface area (Å²) in [6.45, 7) is 0.649. The second kappa shape index (κ2) is 6.96. The van der Waals surface area contributed by atoms with E-state index in [1.54, 1.807) is 12.4 Å². The molecule has 0 radical (unpaired) electrons. The third-order valence-corrected chi connectivity index (χ3v) is 4.67. The van der Waals surface area contributed by atoms with Crippen LogP contribution in [0.3, 0.4) is 0 Å². The van der Waals surface area contributed by atoms with Crippen molar-refractivity contribution in [3.63, 3.8) is 0 Å². The van der Waals surface area contributed by atoms with E-state index in [9.17, 15) is 4.79 Å². The molecule has 1 aliphatic carbocycles. The third kappa shape index (κ3) is 3.57. The van der Waals surface area contributed by atoms with Crippen molar-refractivity contribution in [1.29, 1.82) is 0 Å². The highest BCUT2D eigenvalue weighted by atomic mass is 16.4. The van der Waals surface area contributed by atoms with Crippen LogP contribution in [0.4, 0.5) is 5.82 Å². The first-order chi connectivity index (χ1) is 12.7. The summed E-state index contributed by atoms with van der Waals surface area (Å²) in [5.41, 5.74) is 4.29. The van der Waals surface area contributed by atoms with E-state index in [0.717, 1.165) is 11.3 Å². The second-order valence-electron chi connectivity index (χ2n) is 6.53. The Labute approximate surface area is 151 Å². The Bertz CT molecular complexity index is 910. The predicted molar refractivity (Wildman–Crippen MR) is 99.7 cm³/mol. The van der Waals surface area contributed by atoms with Gasteiger partial charge in [-0.3, -0.25) is 9.78 Å². The zero-order valence-corrected chi connectivity index (χ0v) is 14.2. The fourth-order valence-corrected chi connectivity index (χ4v) is 3.10. The maximum Gasteiger partial charge on any atom is 0.307 e. The molecule has 0 aliphatic heterocycles. The van der Waals surface area contributed by atoms with Crippen LogP contribution >= 0.6 is 0 Å². The molecule has 1 heterocycles. The van der Waals surface area contributed by atoms with E-state index < -0.39 is 5.97 Å². The van der Waals surface area contributed by atoms with Crippen LogP contribution < -0.4 is 5.32 Å². The molecule has 4 rings (SSSR count). The number of rotatable bonds is 6. The predicted octanol–water partition coefficient (Wildman–Crippen LogP) is 3.94. The van der Waals surface area contributed by atoms with Crippen molar-refractivity contribution in [1.82, 2.24) is 9.97 Å². The second-order valence-corrected chi connectivity index (χ2v) is 6.53. The molecule has 2 unspecified atom stereocenters. The van der Waals surface area contributed by atoms with E-state index >= 15 is 0 Å². The monoisotopic (exact) mass is 345 g/mol. The van der Waals surface area contributed by atoms with Gasteiger partial charge in [-0.1, -0.05) is 48.5 Å². The zero-order chi connectivity index (χ0) is 17.9. The number of carbonyl (C=O) groups is 1. The summed E-state index contributed by atoms with van der Waals surface area (Å²) in [4.78, 5) is 19.7. The summed E-state index contributed by atoms with van der Waals surface area (Å²) in [6.07, 6.45) is 4.01. The number of nitrogens with one attached hydrogen (secondary N) is 1. The molecule has 3 aromatic rings. The normalized spacial score (nSPS) is 18.3. The molecule has 0 bridgehead atoms. The van der Waals surface area contributed by atoms with Crippen LogP contribution in [-0.4, -0.2) is 21.0 Å². The van der Waals surface area contributed by atoms with Crippen LogP contribution in [0.5, 0.6) is 0 Å². The van der Waals surface area contributed by atoms with Gasteiger partial charge in [0.05, 0.1) is 24.0 Å². The van der Waals surface area contributed by atoms with Crippen LogP contribution in [0.2, 0.25) is 0 Å². The van der Waals surface area contributed by atoms with Gasteiger partial charge in [0, 0.05) is 12.5 Å². The molecular weight excluding hydrogens is 326 g/mol. The van der Waals surface area contributed by atoms with Crippen LogP contribution in [0.25, 0.3) is 11.1 Å². The Balaban J connectivity index is 1.39. The number of nitrogens with zero attached hydrogens (tertiary/aromatic N) is 2. The minimum atomic E-state index is -0.753. The molecule has 1 aromatic heterocycles. The Morgan fingerprint density at radius 2 is 1.85 bits per heavy atom. The number of hydrogen-bond donors (Lipinski definition) is 2. The first kappa shape index (κ1) is 16.3. The van der Waals surface area contributed by atoms with Gasteiger partial charge in [-0.15, -0.1) is 0 Å². The maximum atomic E-state index is 10.9. The summed E-state index contributed by atoms with van der Waals surface area (Å²) in [7, 11) is 0. The molecule has 2 atom stereocenters. The number of carboxylic acid groups (broad SMARTS) is 1. The van der Waals surface area contributed by atoms with Gasteiger partial charge in [-0.05, 0) is 29.2 Å². The van der Waals surface area contributed by atoms with Crippen molar-refractivity contribution in [3.05, 3.63) is 78.2 Å². The summed E-state index contributed by atoms with van der Waals surface area (Å²) in [5.74, 6) is -0.357. The first-order valence-corrected chi connectivity index (χ1v) is 8.64. The van der Waals surface area contributed by atoms with E-state index in [1.807, 2.05) is 24.3 Å². The number of anilines is 1. The van der Waals surface area contributed by atoms with Gasteiger partial charge in [-0.2, -0.15) is 0 Å². The topological polar surface area (TPSA) is 75.1 Å². The van der Waals surface area contributed by atoms with Gasteiger partial charge in [0.15, 0.2) is 0 Å². The van der Waals surface area contributed by atoms with E-state index in [2.05, 4.69) is 45.6 Å². The van der Waals surface area contributed by atoms with E-state index in [4.69, 9.17) is 5.11 Å². The van der Waals surface area contributed by atoms with Gasteiger partial charge in [0.1, 0.15) is 5.82 Å². The fraction of sp³-hybridized carbons (Fsp3) is 0.190. The van der Waals surface area contributed by atoms with Crippen molar-refractivity contribution in [2.45, 2.75) is 18.9 Å². The molecule has 2 aromatic carbocycles. The van der Waals surface area contributed by atoms with Crippen molar-refractivity contribution in [3.8, 4) is 11.1 Å². The third-order valence-electron chi connectivity index (χ3n) is 4.67. The number of benzene rings is 2. The average Bonchev–Trinajstić information content (AvgIpc) is 3.49. The molecule has 5 nitrogen and oxygen atoms in total. The highest BCUT2D eigenvalue weighted by molar-refractivity contribution is 5.75. The molecule has 0 spiro atoms. The SMILES string of the molecule is O=C(O)C1CC1c1cnc(NCc2cccc(-c3ccccc3)c2)cn1. The lowest BCUT2D eigenvalue weighted by atomic mass is 10.0. The molecule has 0 saturated heterocycles. The summed E-state index contributed by atoms with van der Waals surface area (Å²) in [5, 5.41) is 12.3. The van der Waals surface area contributed by atoms with Gasteiger partial charge >= 0.3 is 5.97 Å². The first-order valence-electron chi connectivity index (χ1n) is 8.64. The Morgan fingerprint density at radius 3 is 2.54 bits per heavy atom. The Kier molecular flexibility index (Phi) is 4.35. The van der Waals surface area contributed by atoms with E-state index in [-0.39, 0.29) is 11.8 Å². The van der Waals surface area contributed by atoms with Crippen LogP contribution in [0, 0.1) is 5.92 Å². The van der Waals surface area contributed by atoms with Gasteiger partial charge < -0.3 is 10.4 Å². The van der Waals surface area contributed by atoms with Crippen molar-refractivity contribution < 1.29 is 9.90 Å². The minimum absolute atomic E-state index is 0.0107. The van der Waals surface area contributed by atoms with Crippen LogP contribution in [0.15, 0.2) is 67.0 Å². The molecule has 26 heavy (non-hydrogen) atoms. The van der Waals surface area contributed by atoms with Gasteiger partial charge in [0.2, 0.25) is 0 Å². The molecule has 1 aliphatic rings. The lowest BCUT2D eigenvalue weighted by Gasteiger charge is -2.08. The number of aliphatic carboxylic acids is 1. The van der Waals surface area contributed by atoms with Crippen molar-refractivity contribution >= 4 is 11.8 Å². The molecule has 5 heteroatoms. The van der Waals surface area contributed by atoms with E-state index in [0.29, 0.717) is 18.8 Å². The molecular formula is C21H19N3O2. The number of carboxylic acids is 1. The quantitative estimate of drug-likeness (QED) is 0.708. The molecule has 2 N–H and O–H groups in total. The molecule has 1 fully saturated rings. The fourth-order valence-electron chi connectivity index (χ4n) is 3.10. The van der Waals surface area contributed by atoms with Gasteiger partial charge in [-0.25, -0.2) is 4.98 Å². The largest absolute Gasteiger partial charge is 0.481 e. The Hall–Kier alpha value is -3.21. The summed E-state index contributed by atoms with van der Waals surface area (Å²) < 4.78 is 0. The number of hydrogen-bond acceptors (Lipinski definition) is 4. The molecule has 0 amide bonds. The molecule has 1 saturated carbocycles. The Morgan fingerprint density at radius 1 is 1.04 bits per heavy atom. The minimum Gasteiger partial charge on any atom is -0.481 e. The van der Waals surface area contributed by atoms with E-state index in [1.165, 1.54) is 11.1 Å². The maximum absolute atomic E-state index is 10.9. The van der Waals surface area contributed by atoms with Crippen LogP contribution in [-0.2, 0) is 11.3 Å². The lowest BCUT2D eigenvalue weighted by molar-refractivity contribution is -0.138. The standard InChI is InChI=1S/C21H19N3O2/c25-21(26)18-10-17(18)19-12-24-20(13-22-19)23-11-14-5-4-8-16(9-14)15-6-2-1-3-7-15/h1-9,12-13,17-18H,10-11H2,(H,23,24)(H,25,26). The summed E-state index contributed by atoms with van der Waals surface area (Å²) in [6, 6.07) is 18.7. The smallest absolute Gasteiger partial charge is 0.307 e. The average molecular weight is 345 g/mol. The lowest BCUT2D eigenvalue weighted by Crippen LogP contribution is -2.04. The van der Waals surface area contributed by atoms with Crippen molar-refractivity contribution in [2.75, 3.05) is 5.32 Å². The highest BCUT2D eigenvalue weighted by Gasteiger charge is 2.45. The van der Waals surface area contributed by atoms with Crippen molar-refractivity contribution in [2.24, 2.45) is 5.92 Å². The molecule has 130 valence electrons. The zero-order valence-electron chi connectivity index (χ0n) is 14.2.